The zero-order valence-electron chi connectivity index (χ0n) is 18.0. The Kier molecular flexibility index (Phi) is 7.16. The molecular formula is C20H27N5O6S. The molecule has 0 unspecified atom stereocenters. The summed E-state index contributed by atoms with van der Waals surface area (Å²) in [5, 5.41) is 2.87. The molecule has 12 heteroatoms. The van der Waals surface area contributed by atoms with Gasteiger partial charge < -0.3 is 15.8 Å². The number of aromatic nitrogens is 2. The summed E-state index contributed by atoms with van der Waals surface area (Å²) >= 11 is 0. The van der Waals surface area contributed by atoms with E-state index in [1.807, 2.05) is 6.92 Å². The van der Waals surface area contributed by atoms with E-state index in [0.717, 1.165) is 4.57 Å². The van der Waals surface area contributed by atoms with Gasteiger partial charge in [-0.1, -0.05) is 6.92 Å². The molecule has 11 nitrogen and oxygen atoms in total. The van der Waals surface area contributed by atoms with E-state index >= 15 is 0 Å². The molecule has 0 saturated carbocycles. The Balaban J connectivity index is 1.76. The molecule has 0 atom stereocenters. The predicted octanol–water partition coefficient (Wildman–Crippen LogP) is -0.145. The summed E-state index contributed by atoms with van der Waals surface area (Å²) in [5.74, 6) is -0.725. The number of hydrogen-bond acceptors (Lipinski definition) is 8. The quantitative estimate of drug-likeness (QED) is 0.512. The molecule has 1 aliphatic heterocycles. The van der Waals surface area contributed by atoms with Crippen molar-refractivity contribution in [1.82, 2.24) is 13.4 Å². The molecule has 1 saturated heterocycles. The van der Waals surface area contributed by atoms with Crippen LogP contribution < -0.4 is 22.3 Å². The van der Waals surface area contributed by atoms with Gasteiger partial charge in [-0.15, -0.1) is 0 Å². The van der Waals surface area contributed by atoms with Gasteiger partial charge in [0, 0.05) is 32.4 Å². The minimum atomic E-state index is -3.62. The topological polar surface area (TPSA) is 146 Å². The molecule has 0 bridgehead atoms. The summed E-state index contributed by atoms with van der Waals surface area (Å²) in [5.41, 5.74) is 4.89. The van der Waals surface area contributed by atoms with Crippen LogP contribution in [0.5, 0.6) is 0 Å². The second-order valence-corrected chi connectivity index (χ2v) is 9.31. The number of carbonyl (C=O) groups excluding carboxylic acids is 1. The van der Waals surface area contributed by atoms with E-state index in [1.165, 1.54) is 28.1 Å². The van der Waals surface area contributed by atoms with Crippen molar-refractivity contribution in [3.05, 3.63) is 50.7 Å². The molecule has 1 aromatic heterocycles. The van der Waals surface area contributed by atoms with E-state index in [0.29, 0.717) is 38.4 Å². The maximum absolute atomic E-state index is 12.7. The van der Waals surface area contributed by atoms with E-state index in [9.17, 15) is 22.8 Å². The molecule has 1 fully saturated rings. The first-order valence-electron chi connectivity index (χ1n) is 10.2. The first-order chi connectivity index (χ1) is 15.2. The van der Waals surface area contributed by atoms with Crippen LogP contribution in [-0.2, 0) is 28.4 Å². The van der Waals surface area contributed by atoms with Gasteiger partial charge in [0.05, 0.1) is 24.7 Å². The zero-order valence-corrected chi connectivity index (χ0v) is 18.9. The third kappa shape index (κ3) is 4.61. The third-order valence-corrected chi connectivity index (χ3v) is 7.14. The largest absolute Gasteiger partial charge is 0.384 e. The van der Waals surface area contributed by atoms with Crippen LogP contribution in [0.3, 0.4) is 0 Å². The Bertz CT molecular complexity index is 1210. The highest BCUT2D eigenvalue weighted by Crippen LogP contribution is 2.19. The molecule has 2 heterocycles. The van der Waals surface area contributed by atoms with Crippen molar-refractivity contribution in [2.45, 2.75) is 24.8 Å². The monoisotopic (exact) mass is 465 g/mol. The summed E-state index contributed by atoms with van der Waals surface area (Å²) in [6.45, 7) is 3.19. The van der Waals surface area contributed by atoms with Crippen LogP contribution in [0, 0.1) is 0 Å². The Morgan fingerprint density at radius 1 is 1.16 bits per heavy atom. The second-order valence-electron chi connectivity index (χ2n) is 7.38. The first kappa shape index (κ1) is 23.7. The number of nitrogens with two attached hydrogens (primary N) is 1. The van der Waals surface area contributed by atoms with Gasteiger partial charge in [-0.05, 0) is 30.7 Å². The third-order valence-electron chi connectivity index (χ3n) is 5.22. The lowest BCUT2D eigenvalue weighted by Gasteiger charge is -2.26. The summed E-state index contributed by atoms with van der Waals surface area (Å²) in [4.78, 5) is 37.6. The van der Waals surface area contributed by atoms with Gasteiger partial charge in [-0.3, -0.25) is 18.7 Å². The smallest absolute Gasteiger partial charge is 0.332 e. The lowest BCUT2D eigenvalue weighted by molar-refractivity contribution is 0.0730. The fourth-order valence-electron chi connectivity index (χ4n) is 3.44. The molecular weight excluding hydrogens is 438 g/mol. The van der Waals surface area contributed by atoms with E-state index in [4.69, 9.17) is 10.5 Å². The second kappa shape index (κ2) is 9.67. The van der Waals surface area contributed by atoms with E-state index in [2.05, 4.69) is 5.32 Å². The average molecular weight is 466 g/mol. The van der Waals surface area contributed by atoms with E-state index in [-0.39, 0.29) is 29.4 Å². The molecule has 3 rings (SSSR count). The molecule has 174 valence electrons. The maximum Gasteiger partial charge on any atom is 0.332 e. The number of hydrogen-bond donors (Lipinski definition) is 2. The fraction of sp³-hybridized carbons (Fsp3) is 0.450. The van der Waals surface area contributed by atoms with Gasteiger partial charge in [-0.2, -0.15) is 4.31 Å². The fourth-order valence-corrected chi connectivity index (χ4v) is 4.84. The number of sulfonamides is 1. The number of nitrogens with zero attached hydrogens (tertiary/aromatic N) is 3. The van der Waals surface area contributed by atoms with Crippen LogP contribution in [0.4, 0.5) is 11.5 Å². The number of carbonyl (C=O) groups is 1. The minimum Gasteiger partial charge on any atom is -0.384 e. The Labute approximate surface area is 185 Å². The number of nitrogens with one attached hydrogen (secondary N) is 1. The van der Waals surface area contributed by atoms with Gasteiger partial charge in [-0.25, -0.2) is 13.2 Å². The van der Waals surface area contributed by atoms with Gasteiger partial charge in [0.15, 0.2) is 5.78 Å². The molecule has 1 aromatic carbocycles. The molecule has 0 spiro atoms. The SMILES string of the molecule is CCCn1c(N)c(C(=O)CNc2ccc(S(=O)(=O)N3CCOCC3)cc2)c(=O)n(C)c1=O. The number of morpholine rings is 1. The van der Waals surface area contributed by atoms with Crippen molar-refractivity contribution in [3.8, 4) is 0 Å². The Morgan fingerprint density at radius 2 is 1.78 bits per heavy atom. The first-order valence-corrected chi connectivity index (χ1v) is 11.7. The number of rotatable bonds is 8. The highest BCUT2D eigenvalue weighted by atomic mass is 32.2. The summed E-state index contributed by atoms with van der Waals surface area (Å²) in [7, 11) is -2.32. The number of ketones is 1. The van der Waals surface area contributed by atoms with Crippen molar-refractivity contribution in [1.29, 1.82) is 0 Å². The molecule has 0 amide bonds. The molecule has 32 heavy (non-hydrogen) atoms. The number of Topliss-reactive ketones (excluding diaryl/α,β-unsaturated/α-hetero) is 1. The predicted molar refractivity (Wildman–Crippen MR) is 119 cm³/mol. The molecule has 2 aromatic rings. The van der Waals surface area contributed by atoms with E-state index in [1.54, 1.807) is 12.1 Å². The van der Waals surface area contributed by atoms with E-state index < -0.39 is 27.1 Å². The molecule has 1 aliphatic rings. The van der Waals surface area contributed by atoms with Crippen LogP contribution in [0.15, 0.2) is 38.8 Å². The highest BCUT2D eigenvalue weighted by molar-refractivity contribution is 7.89. The summed E-state index contributed by atoms with van der Waals surface area (Å²) < 4.78 is 34.0. The lowest BCUT2D eigenvalue weighted by Crippen LogP contribution is -2.43. The van der Waals surface area contributed by atoms with Gasteiger partial charge >= 0.3 is 5.69 Å². The van der Waals surface area contributed by atoms with Crippen molar-refractivity contribution in [2.24, 2.45) is 7.05 Å². The normalized spacial score (nSPS) is 14.9. The molecule has 0 aliphatic carbocycles. The average Bonchev–Trinajstić information content (AvgIpc) is 2.80. The Morgan fingerprint density at radius 3 is 2.38 bits per heavy atom. The van der Waals surface area contributed by atoms with Crippen molar-refractivity contribution >= 4 is 27.3 Å². The van der Waals surface area contributed by atoms with Gasteiger partial charge in [0.1, 0.15) is 11.4 Å². The van der Waals surface area contributed by atoms with Gasteiger partial charge in [0.25, 0.3) is 5.56 Å². The maximum atomic E-state index is 12.7. The van der Waals surface area contributed by atoms with Crippen molar-refractivity contribution in [3.63, 3.8) is 0 Å². The minimum absolute atomic E-state index is 0.140. The number of anilines is 2. The summed E-state index contributed by atoms with van der Waals surface area (Å²) in [6, 6.07) is 5.99. The zero-order chi connectivity index (χ0) is 23.5. The number of benzene rings is 1. The number of ether oxygens (including phenoxy) is 1. The van der Waals surface area contributed by atoms with Crippen molar-refractivity contribution < 1.29 is 17.9 Å². The number of nitrogen functional groups attached to an aromatic ring is 1. The van der Waals surface area contributed by atoms with Crippen LogP contribution >= 0.6 is 0 Å². The highest BCUT2D eigenvalue weighted by Gasteiger charge is 2.26. The van der Waals surface area contributed by atoms with Crippen LogP contribution in [0.25, 0.3) is 0 Å². The summed E-state index contributed by atoms with van der Waals surface area (Å²) in [6.07, 6.45) is 0.605. The van der Waals surface area contributed by atoms with Crippen LogP contribution in [0.1, 0.15) is 23.7 Å². The lowest BCUT2D eigenvalue weighted by atomic mass is 10.2. The van der Waals surface area contributed by atoms with Crippen LogP contribution in [0.2, 0.25) is 0 Å². The Hall–Kier alpha value is -2.96. The standard InChI is InChI=1S/C20H27N5O6S/c1-3-8-25-18(21)17(19(27)23(2)20(25)28)16(26)13-22-14-4-6-15(7-5-14)32(29,30)24-9-11-31-12-10-24/h4-7,22H,3,8-13,21H2,1-2H3. The molecule has 3 N–H and O–H groups in total. The van der Waals surface area contributed by atoms with Gasteiger partial charge in [0.2, 0.25) is 10.0 Å². The van der Waals surface area contributed by atoms with Crippen LogP contribution in [-0.4, -0.2) is 60.5 Å². The molecule has 0 radical (unpaired) electrons. The van der Waals surface area contributed by atoms with Crippen molar-refractivity contribution in [2.75, 3.05) is 43.9 Å².